The van der Waals surface area contributed by atoms with Crippen molar-refractivity contribution in [2.24, 2.45) is 0 Å². The molecule has 3 nitrogen and oxygen atoms in total. The summed E-state index contributed by atoms with van der Waals surface area (Å²) in [4.78, 5) is 4.35. The van der Waals surface area contributed by atoms with Gasteiger partial charge in [-0.15, -0.1) is 0 Å². The Labute approximate surface area is 175 Å². The second-order valence-electron chi connectivity index (χ2n) is 7.42. The van der Waals surface area contributed by atoms with Crippen LogP contribution in [-0.2, 0) is 12.6 Å². The number of anilines is 1. The maximum absolute atomic E-state index is 13.1. The van der Waals surface area contributed by atoms with Gasteiger partial charge in [0.2, 0.25) is 0 Å². The maximum Gasteiger partial charge on any atom is 0.417 e. The van der Waals surface area contributed by atoms with Gasteiger partial charge in [-0.05, 0) is 61.2 Å². The first-order valence-corrected chi connectivity index (χ1v) is 10.1. The Morgan fingerprint density at radius 3 is 2.31 bits per heavy atom. The Hall–Kier alpha value is -1.92. The number of ether oxygens (including phenoxy) is 1. The van der Waals surface area contributed by atoms with Gasteiger partial charge in [0.15, 0.2) is 0 Å². The van der Waals surface area contributed by atoms with E-state index in [0.29, 0.717) is 18.8 Å². The minimum Gasteiger partial charge on any atom is -0.496 e. The van der Waals surface area contributed by atoms with Crippen LogP contribution in [-0.4, -0.2) is 44.7 Å². The fraction of sp³-hybridized carbons (Fsp3) is 0.455. The van der Waals surface area contributed by atoms with Crippen molar-refractivity contribution in [1.29, 1.82) is 0 Å². The molecule has 29 heavy (non-hydrogen) atoms. The molecule has 0 aliphatic carbocycles. The Morgan fingerprint density at radius 1 is 1.00 bits per heavy atom. The number of methoxy groups -OCH3 is 1. The summed E-state index contributed by atoms with van der Waals surface area (Å²) in [7, 11) is 1.68. The van der Waals surface area contributed by atoms with Crippen molar-refractivity contribution in [3.8, 4) is 5.75 Å². The second-order valence-corrected chi connectivity index (χ2v) is 7.82. The summed E-state index contributed by atoms with van der Waals surface area (Å²) >= 11 is 5.73. The molecule has 158 valence electrons. The molecule has 2 aromatic rings. The molecule has 1 fully saturated rings. The first-order chi connectivity index (χ1) is 13.7. The first-order valence-electron chi connectivity index (χ1n) is 9.68. The molecule has 2 aromatic carbocycles. The zero-order chi connectivity index (χ0) is 21.2. The molecule has 0 radical (unpaired) electrons. The number of rotatable bonds is 5. The number of benzene rings is 2. The lowest BCUT2D eigenvalue weighted by molar-refractivity contribution is -0.137. The van der Waals surface area contributed by atoms with Crippen molar-refractivity contribution < 1.29 is 17.9 Å². The molecule has 7 heteroatoms. The topological polar surface area (TPSA) is 15.7 Å². The van der Waals surface area contributed by atoms with Gasteiger partial charge in [-0.3, -0.25) is 4.90 Å². The Bertz CT molecular complexity index is 862. The average Bonchev–Trinajstić information content (AvgIpc) is 2.69. The summed E-state index contributed by atoms with van der Waals surface area (Å²) in [6.07, 6.45) is -3.50. The van der Waals surface area contributed by atoms with Gasteiger partial charge in [0.25, 0.3) is 0 Å². The molecular weight excluding hydrogens is 401 g/mol. The van der Waals surface area contributed by atoms with Crippen LogP contribution in [0.5, 0.6) is 5.75 Å². The number of halogens is 4. The lowest BCUT2D eigenvalue weighted by Gasteiger charge is -2.36. The van der Waals surface area contributed by atoms with Crippen molar-refractivity contribution in [2.45, 2.75) is 26.4 Å². The van der Waals surface area contributed by atoms with Crippen LogP contribution in [0.2, 0.25) is 5.02 Å². The van der Waals surface area contributed by atoms with E-state index in [4.69, 9.17) is 16.3 Å². The largest absolute Gasteiger partial charge is 0.496 e. The molecule has 0 spiro atoms. The smallest absolute Gasteiger partial charge is 0.417 e. The third-order valence-corrected chi connectivity index (χ3v) is 6.09. The highest BCUT2D eigenvalue weighted by atomic mass is 35.5. The van der Waals surface area contributed by atoms with Crippen molar-refractivity contribution in [3.05, 3.63) is 57.6 Å². The molecule has 1 aliphatic rings. The quantitative estimate of drug-likeness (QED) is 0.641. The monoisotopic (exact) mass is 426 g/mol. The van der Waals surface area contributed by atoms with Crippen molar-refractivity contribution in [3.63, 3.8) is 0 Å². The lowest BCUT2D eigenvalue weighted by atomic mass is 9.99. The van der Waals surface area contributed by atoms with E-state index in [1.807, 2.05) is 11.0 Å². The SMILES string of the molecule is COc1ccc(CCN2CCN(c3ccc(Cl)c(C(F)(F)F)c3)CC2)c(C)c1C. The van der Waals surface area contributed by atoms with Gasteiger partial charge >= 0.3 is 6.18 Å². The number of hydrogen-bond acceptors (Lipinski definition) is 3. The number of hydrogen-bond donors (Lipinski definition) is 0. The zero-order valence-electron chi connectivity index (χ0n) is 16.9. The molecule has 0 N–H and O–H groups in total. The predicted molar refractivity (Wildman–Crippen MR) is 111 cm³/mol. The fourth-order valence-electron chi connectivity index (χ4n) is 3.78. The van der Waals surface area contributed by atoms with Gasteiger partial charge in [-0.1, -0.05) is 17.7 Å². The first kappa shape index (κ1) is 21.8. The number of alkyl halides is 3. The average molecular weight is 427 g/mol. The van der Waals surface area contributed by atoms with Gasteiger partial charge in [0.1, 0.15) is 5.75 Å². The van der Waals surface area contributed by atoms with Gasteiger partial charge < -0.3 is 9.64 Å². The highest BCUT2D eigenvalue weighted by Crippen LogP contribution is 2.37. The van der Waals surface area contributed by atoms with Crippen LogP contribution in [0.25, 0.3) is 0 Å². The van der Waals surface area contributed by atoms with E-state index in [-0.39, 0.29) is 5.02 Å². The Morgan fingerprint density at radius 2 is 1.69 bits per heavy atom. The molecule has 1 saturated heterocycles. The van der Waals surface area contributed by atoms with Gasteiger partial charge in [-0.2, -0.15) is 13.2 Å². The van der Waals surface area contributed by atoms with Crippen LogP contribution >= 0.6 is 11.6 Å². The van der Waals surface area contributed by atoms with Crippen LogP contribution in [0.3, 0.4) is 0 Å². The highest BCUT2D eigenvalue weighted by Gasteiger charge is 2.34. The number of nitrogens with zero attached hydrogens (tertiary/aromatic N) is 2. The minimum absolute atomic E-state index is 0.259. The second kappa shape index (κ2) is 8.84. The molecule has 0 aromatic heterocycles. The summed E-state index contributed by atoms with van der Waals surface area (Å²) in [6, 6.07) is 8.28. The molecule has 0 amide bonds. The molecule has 0 atom stereocenters. The van der Waals surface area contributed by atoms with Crippen LogP contribution in [0.15, 0.2) is 30.3 Å². The van der Waals surface area contributed by atoms with E-state index in [1.54, 1.807) is 13.2 Å². The van der Waals surface area contributed by atoms with Crippen molar-refractivity contribution in [1.82, 2.24) is 4.90 Å². The summed E-state index contributed by atoms with van der Waals surface area (Å²) in [5.74, 6) is 0.904. The van der Waals surface area contributed by atoms with E-state index in [2.05, 4.69) is 24.8 Å². The van der Waals surface area contributed by atoms with Crippen molar-refractivity contribution >= 4 is 17.3 Å². The van der Waals surface area contributed by atoms with E-state index < -0.39 is 11.7 Å². The molecular formula is C22H26ClF3N2O. The summed E-state index contributed by atoms with van der Waals surface area (Å²) in [5.41, 5.74) is 3.52. The van der Waals surface area contributed by atoms with E-state index >= 15 is 0 Å². The van der Waals surface area contributed by atoms with Crippen LogP contribution in [0, 0.1) is 13.8 Å². The molecule has 0 unspecified atom stereocenters. The lowest BCUT2D eigenvalue weighted by Crippen LogP contribution is -2.47. The highest BCUT2D eigenvalue weighted by molar-refractivity contribution is 6.31. The summed E-state index contributed by atoms with van der Waals surface area (Å²) < 4.78 is 44.7. The predicted octanol–water partition coefficient (Wildman–Crippen LogP) is 5.35. The van der Waals surface area contributed by atoms with Crippen LogP contribution in [0.4, 0.5) is 18.9 Å². The zero-order valence-corrected chi connectivity index (χ0v) is 17.7. The van der Waals surface area contributed by atoms with E-state index in [1.165, 1.54) is 17.2 Å². The Kier molecular flexibility index (Phi) is 6.64. The minimum atomic E-state index is -4.44. The van der Waals surface area contributed by atoms with E-state index in [9.17, 15) is 13.2 Å². The van der Waals surface area contributed by atoms with Gasteiger partial charge in [-0.25, -0.2) is 0 Å². The van der Waals surface area contributed by atoms with Crippen LogP contribution < -0.4 is 9.64 Å². The van der Waals surface area contributed by atoms with Crippen LogP contribution in [0.1, 0.15) is 22.3 Å². The molecule has 1 heterocycles. The van der Waals surface area contributed by atoms with E-state index in [0.717, 1.165) is 43.4 Å². The fourth-order valence-corrected chi connectivity index (χ4v) is 4.00. The summed E-state index contributed by atoms with van der Waals surface area (Å²) in [6.45, 7) is 8.13. The summed E-state index contributed by atoms with van der Waals surface area (Å²) in [5, 5.41) is -0.259. The molecule has 0 bridgehead atoms. The molecule has 1 aliphatic heterocycles. The van der Waals surface area contributed by atoms with Gasteiger partial charge in [0.05, 0.1) is 17.7 Å². The molecule has 0 saturated carbocycles. The van der Waals surface area contributed by atoms with Gasteiger partial charge in [0, 0.05) is 38.4 Å². The molecule has 3 rings (SSSR count). The van der Waals surface area contributed by atoms with Crippen molar-refractivity contribution in [2.75, 3.05) is 44.7 Å². The normalized spacial score (nSPS) is 15.6. The maximum atomic E-state index is 13.1. The number of piperazine rings is 1. The third-order valence-electron chi connectivity index (χ3n) is 5.76. The third kappa shape index (κ3) is 4.98. The standard InChI is InChI=1S/C22H26ClF3N2O/c1-15-16(2)21(29-3)7-4-17(15)8-9-27-10-12-28(13-11-27)18-5-6-20(23)19(14-18)22(24,25)26/h4-7,14H,8-13H2,1-3H3. The Balaban J connectivity index is 1.58.